The lowest BCUT2D eigenvalue weighted by atomic mass is 10.8. The normalized spacial score (nSPS) is 11.0. The van der Waals surface area contributed by atoms with Gasteiger partial charge in [0.05, 0.1) is 0 Å². The number of carbonyl (C=O) groups is 1. The zero-order valence-corrected chi connectivity index (χ0v) is 6.22. The molecule has 8 heavy (non-hydrogen) atoms. The quantitative estimate of drug-likeness (QED) is 0.417. The van der Waals surface area contributed by atoms with E-state index in [9.17, 15) is 4.79 Å². The van der Waals surface area contributed by atoms with Crippen molar-refractivity contribution in [3.8, 4) is 0 Å². The molecule has 2 nitrogen and oxygen atoms in total. The van der Waals surface area contributed by atoms with Crippen molar-refractivity contribution < 1.29 is 9.53 Å². The van der Waals surface area contributed by atoms with E-state index in [2.05, 4.69) is 4.74 Å². The third-order valence-corrected chi connectivity index (χ3v) is 0.491. The summed E-state index contributed by atoms with van der Waals surface area (Å²) in [5.74, 6) is -0.620. The largest absolute Gasteiger partial charge is 0.415 e. The standard InChI is InChI=1S/C3H3Cl3O2/c1-2(7)8-3(4,5)6/h1H3. The number of hydrogen-bond acceptors (Lipinski definition) is 2. The zero-order valence-electron chi connectivity index (χ0n) is 3.95. The molecule has 0 rings (SSSR count). The van der Waals surface area contributed by atoms with E-state index >= 15 is 0 Å². The predicted molar refractivity (Wildman–Crippen MR) is 32.1 cm³/mol. The van der Waals surface area contributed by atoms with Crippen LogP contribution in [0, 0.1) is 0 Å². The molecule has 0 heterocycles. The summed E-state index contributed by atoms with van der Waals surface area (Å²) < 4.78 is 2.18. The summed E-state index contributed by atoms with van der Waals surface area (Å²) in [6.07, 6.45) is 0. The van der Waals surface area contributed by atoms with Crippen LogP contribution in [0.25, 0.3) is 0 Å². The fourth-order valence-corrected chi connectivity index (χ4v) is 0.489. The minimum Gasteiger partial charge on any atom is -0.415 e. The van der Waals surface area contributed by atoms with Crippen molar-refractivity contribution in [2.24, 2.45) is 0 Å². The van der Waals surface area contributed by atoms with Crippen LogP contribution in [-0.2, 0) is 9.53 Å². The SMILES string of the molecule is CC(=O)OC(Cl)(Cl)Cl. The molecular weight excluding hydrogens is 174 g/mol. The van der Waals surface area contributed by atoms with E-state index in [0.29, 0.717) is 0 Å². The van der Waals surface area contributed by atoms with Crippen molar-refractivity contribution in [2.45, 2.75) is 10.9 Å². The lowest BCUT2D eigenvalue weighted by Crippen LogP contribution is -2.12. The van der Waals surface area contributed by atoms with Crippen LogP contribution in [0.4, 0.5) is 0 Å². The van der Waals surface area contributed by atoms with Crippen LogP contribution in [0.2, 0.25) is 0 Å². The molecule has 0 N–H and O–H groups in total. The summed E-state index contributed by atoms with van der Waals surface area (Å²) in [5, 5.41) is 0. The first kappa shape index (κ1) is 8.34. The fraction of sp³-hybridized carbons (Fsp3) is 0.667. The molecule has 0 aliphatic heterocycles. The van der Waals surface area contributed by atoms with Gasteiger partial charge in [0, 0.05) is 6.92 Å². The Morgan fingerprint density at radius 2 is 1.88 bits per heavy atom. The van der Waals surface area contributed by atoms with Gasteiger partial charge in [0.2, 0.25) is 0 Å². The molecule has 0 bridgehead atoms. The third kappa shape index (κ3) is 6.34. The minimum atomic E-state index is -1.91. The van der Waals surface area contributed by atoms with Gasteiger partial charge in [-0.3, -0.25) is 4.79 Å². The van der Waals surface area contributed by atoms with Gasteiger partial charge in [-0.25, -0.2) is 0 Å². The first-order chi connectivity index (χ1) is 3.42. The van der Waals surface area contributed by atoms with Gasteiger partial charge in [0.15, 0.2) is 0 Å². The van der Waals surface area contributed by atoms with E-state index in [1.54, 1.807) is 0 Å². The molecule has 0 saturated heterocycles. The second kappa shape index (κ2) is 2.76. The number of alkyl halides is 3. The van der Waals surface area contributed by atoms with Crippen LogP contribution >= 0.6 is 34.8 Å². The smallest absolute Gasteiger partial charge is 0.340 e. The highest BCUT2D eigenvalue weighted by atomic mass is 35.6. The molecule has 0 aliphatic rings. The Morgan fingerprint density at radius 3 is 1.88 bits per heavy atom. The Hall–Kier alpha value is 0.340. The van der Waals surface area contributed by atoms with Gasteiger partial charge in [-0.05, 0) is 34.8 Å². The number of rotatable bonds is 0. The summed E-state index contributed by atoms with van der Waals surface area (Å²) in [6.45, 7) is 1.15. The lowest BCUT2D eigenvalue weighted by molar-refractivity contribution is -0.141. The van der Waals surface area contributed by atoms with Crippen LogP contribution in [-0.4, -0.2) is 9.95 Å². The third-order valence-electron chi connectivity index (χ3n) is 0.259. The highest BCUT2D eigenvalue weighted by Crippen LogP contribution is 2.26. The van der Waals surface area contributed by atoms with E-state index in [1.165, 1.54) is 0 Å². The van der Waals surface area contributed by atoms with Crippen molar-refractivity contribution in [2.75, 3.05) is 0 Å². The fourth-order valence-electron chi connectivity index (χ4n) is 0.163. The first-order valence-electron chi connectivity index (χ1n) is 1.68. The Balaban J connectivity index is 3.55. The Labute approximate surface area is 61.7 Å². The summed E-state index contributed by atoms with van der Waals surface area (Å²) >= 11 is 15.0. The molecule has 0 atom stereocenters. The average molecular weight is 177 g/mol. The van der Waals surface area contributed by atoms with E-state index in [4.69, 9.17) is 34.8 Å². The molecular formula is C3H3Cl3O2. The molecule has 0 aromatic heterocycles. The Morgan fingerprint density at radius 1 is 1.50 bits per heavy atom. The van der Waals surface area contributed by atoms with Gasteiger partial charge < -0.3 is 4.74 Å². The second-order valence-electron chi connectivity index (χ2n) is 1.04. The van der Waals surface area contributed by atoms with Crippen molar-refractivity contribution in [1.29, 1.82) is 0 Å². The summed E-state index contributed by atoms with van der Waals surface area (Å²) in [7, 11) is 0. The Kier molecular flexibility index (Phi) is 2.88. The maximum atomic E-state index is 9.98. The van der Waals surface area contributed by atoms with E-state index in [1.807, 2.05) is 0 Å². The Bertz CT molecular complexity index is 95.2. The molecule has 0 saturated carbocycles. The predicted octanol–water partition coefficient (Wildman–Crippen LogP) is 1.88. The summed E-state index contributed by atoms with van der Waals surface area (Å²) in [6, 6.07) is 0. The summed E-state index contributed by atoms with van der Waals surface area (Å²) in [5.41, 5.74) is 0. The molecule has 0 amide bonds. The van der Waals surface area contributed by atoms with Crippen molar-refractivity contribution in [1.82, 2.24) is 0 Å². The minimum absolute atomic E-state index is 0.620. The molecule has 0 unspecified atom stereocenters. The maximum absolute atomic E-state index is 9.98. The van der Waals surface area contributed by atoms with Crippen LogP contribution < -0.4 is 0 Å². The topological polar surface area (TPSA) is 26.3 Å². The van der Waals surface area contributed by atoms with Crippen LogP contribution in [0.5, 0.6) is 0 Å². The van der Waals surface area contributed by atoms with Gasteiger partial charge in [-0.15, -0.1) is 0 Å². The van der Waals surface area contributed by atoms with Crippen LogP contribution in [0.1, 0.15) is 6.92 Å². The second-order valence-corrected chi connectivity index (χ2v) is 3.22. The van der Waals surface area contributed by atoms with Gasteiger partial charge in [0.25, 0.3) is 0 Å². The van der Waals surface area contributed by atoms with Gasteiger partial charge >= 0.3 is 9.95 Å². The van der Waals surface area contributed by atoms with E-state index < -0.39 is 9.95 Å². The molecule has 0 spiro atoms. The van der Waals surface area contributed by atoms with E-state index in [-0.39, 0.29) is 0 Å². The lowest BCUT2D eigenvalue weighted by Gasteiger charge is -2.08. The molecule has 0 aliphatic carbocycles. The summed E-state index contributed by atoms with van der Waals surface area (Å²) in [4.78, 5) is 9.98. The maximum Gasteiger partial charge on any atom is 0.340 e. The molecule has 0 radical (unpaired) electrons. The van der Waals surface area contributed by atoms with Crippen molar-refractivity contribution in [3.05, 3.63) is 0 Å². The number of halogens is 3. The van der Waals surface area contributed by atoms with Crippen molar-refractivity contribution >= 4 is 40.8 Å². The van der Waals surface area contributed by atoms with Gasteiger partial charge in [0.1, 0.15) is 0 Å². The molecule has 48 valence electrons. The molecule has 0 aromatic rings. The average Bonchev–Trinajstić information content (AvgIpc) is 1.21. The van der Waals surface area contributed by atoms with Crippen LogP contribution in [0.3, 0.4) is 0 Å². The van der Waals surface area contributed by atoms with Crippen LogP contribution in [0.15, 0.2) is 0 Å². The number of hydrogen-bond donors (Lipinski definition) is 0. The first-order valence-corrected chi connectivity index (χ1v) is 2.81. The number of esters is 1. The van der Waals surface area contributed by atoms with E-state index in [0.717, 1.165) is 6.92 Å². The number of ether oxygens (including phenoxy) is 1. The molecule has 0 aromatic carbocycles. The highest BCUT2D eigenvalue weighted by Gasteiger charge is 2.22. The van der Waals surface area contributed by atoms with Gasteiger partial charge in [-0.2, -0.15) is 0 Å². The molecule has 0 fully saturated rings. The monoisotopic (exact) mass is 176 g/mol. The zero-order chi connectivity index (χ0) is 6.78. The molecule has 5 heteroatoms. The van der Waals surface area contributed by atoms with Gasteiger partial charge in [-0.1, -0.05) is 0 Å². The highest BCUT2D eigenvalue weighted by molar-refractivity contribution is 6.66. The number of carbonyl (C=O) groups excluding carboxylic acids is 1. The van der Waals surface area contributed by atoms with Crippen molar-refractivity contribution in [3.63, 3.8) is 0 Å².